The predicted molar refractivity (Wildman–Crippen MR) is 125 cm³/mol. The van der Waals surface area contributed by atoms with Crippen molar-refractivity contribution in [1.29, 1.82) is 0 Å². The average molecular weight is 481 g/mol. The predicted octanol–water partition coefficient (Wildman–Crippen LogP) is 2.86. The zero-order valence-corrected chi connectivity index (χ0v) is 19.7. The first-order chi connectivity index (χ1) is 16.9. The maximum atomic E-state index is 13.5. The number of ether oxygens (including phenoxy) is 1. The standard InChI is InChI=1S/C26H29N3O6/c1-2-21-14-23(28-35-21)27-24(30)16-29-11-8-18(9-12-29)22(15-29)34-25(31)26(32,20-10-13-33-17-20)19-6-4-3-5-7-19/h3-7,10,13-14,17-18,22,32H,2,8-9,11-12,15-16H2,1H3/p+1/t18?,22-,26?,29?/m0/s1. The molecule has 3 saturated heterocycles. The number of anilines is 1. The van der Waals surface area contributed by atoms with Gasteiger partial charge in [-0.1, -0.05) is 42.4 Å². The third kappa shape index (κ3) is 4.49. The highest BCUT2D eigenvalue weighted by Gasteiger charge is 2.51. The number of benzene rings is 1. The highest BCUT2D eigenvalue weighted by atomic mass is 16.6. The van der Waals surface area contributed by atoms with Gasteiger partial charge in [0, 0.05) is 36.8 Å². The molecule has 3 aliphatic heterocycles. The molecule has 0 radical (unpaired) electrons. The second kappa shape index (κ2) is 9.31. The normalized spacial score (nSPS) is 25.1. The first-order valence-corrected chi connectivity index (χ1v) is 12.0. The van der Waals surface area contributed by atoms with E-state index in [0.717, 1.165) is 25.9 Å². The summed E-state index contributed by atoms with van der Waals surface area (Å²) in [7, 11) is 0. The maximum absolute atomic E-state index is 13.5. The Balaban J connectivity index is 1.30. The second-order valence-corrected chi connectivity index (χ2v) is 9.58. The van der Waals surface area contributed by atoms with E-state index in [9.17, 15) is 14.7 Å². The van der Waals surface area contributed by atoms with E-state index in [1.807, 2.05) is 13.0 Å². The van der Waals surface area contributed by atoms with Crippen LogP contribution in [0.4, 0.5) is 5.82 Å². The molecule has 1 unspecified atom stereocenters. The fourth-order valence-electron chi connectivity index (χ4n) is 5.38. The highest BCUT2D eigenvalue weighted by molar-refractivity contribution is 5.90. The molecule has 35 heavy (non-hydrogen) atoms. The van der Waals surface area contributed by atoms with E-state index in [1.165, 1.54) is 12.5 Å². The Labute approximate surface area is 203 Å². The number of aliphatic hydroxyl groups is 1. The molecule has 9 heteroatoms. The number of rotatable bonds is 8. The van der Waals surface area contributed by atoms with Crippen LogP contribution in [0.3, 0.4) is 0 Å². The summed E-state index contributed by atoms with van der Waals surface area (Å²) in [5, 5.41) is 18.3. The van der Waals surface area contributed by atoms with Crippen LogP contribution in [0, 0.1) is 5.92 Å². The zero-order valence-electron chi connectivity index (χ0n) is 19.7. The van der Waals surface area contributed by atoms with Crippen molar-refractivity contribution in [3.05, 3.63) is 71.9 Å². The maximum Gasteiger partial charge on any atom is 0.348 e. The Bertz CT molecular complexity index is 1170. The van der Waals surface area contributed by atoms with Gasteiger partial charge >= 0.3 is 5.97 Å². The fourth-order valence-corrected chi connectivity index (χ4v) is 5.38. The summed E-state index contributed by atoms with van der Waals surface area (Å²) in [6, 6.07) is 12.0. The summed E-state index contributed by atoms with van der Waals surface area (Å²) in [5.41, 5.74) is -1.25. The van der Waals surface area contributed by atoms with E-state index >= 15 is 0 Å². The number of esters is 1. The van der Waals surface area contributed by atoms with Crippen molar-refractivity contribution in [2.24, 2.45) is 5.92 Å². The molecule has 3 aliphatic rings. The van der Waals surface area contributed by atoms with Crippen molar-refractivity contribution in [3.63, 3.8) is 0 Å². The van der Waals surface area contributed by atoms with Crippen molar-refractivity contribution in [2.75, 3.05) is 31.5 Å². The van der Waals surface area contributed by atoms with Gasteiger partial charge in [-0.05, 0) is 11.6 Å². The molecule has 3 aromatic rings. The van der Waals surface area contributed by atoms with Crippen LogP contribution in [0.15, 0.2) is 63.9 Å². The molecule has 184 valence electrons. The zero-order chi connectivity index (χ0) is 24.5. The van der Waals surface area contributed by atoms with Crippen LogP contribution in [0.5, 0.6) is 0 Å². The van der Waals surface area contributed by atoms with E-state index < -0.39 is 17.7 Å². The summed E-state index contributed by atoms with van der Waals surface area (Å²) in [4.78, 5) is 26.3. The molecule has 2 atom stereocenters. The number of nitrogens with zero attached hydrogens (tertiary/aromatic N) is 2. The summed E-state index contributed by atoms with van der Waals surface area (Å²) >= 11 is 0. The number of quaternary nitrogens is 1. The average Bonchev–Trinajstić information content (AvgIpc) is 3.57. The Morgan fingerprint density at radius 2 is 1.97 bits per heavy atom. The quantitative estimate of drug-likeness (QED) is 0.376. The Hall–Kier alpha value is -3.43. The molecule has 9 nitrogen and oxygen atoms in total. The number of furan rings is 1. The molecular formula is C26H30N3O6+. The summed E-state index contributed by atoms with van der Waals surface area (Å²) in [6.45, 7) is 4.43. The molecule has 0 saturated carbocycles. The number of nitrogens with one attached hydrogen (secondary N) is 1. The molecule has 2 aromatic heterocycles. The number of carbonyl (C=O) groups is 2. The number of carbonyl (C=O) groups excluding carboxylic acids is 2. The van der Waals surface area contributed by atoms with Crippen LogP contribution < -0.4 is 5.32 Å². The summed E-state index contributed by atoms with van der Waals surface area (Å²) in [6.07, 6.45) is 4.79. The number of fused-ring (bicyclic) bond motifs is 3. The van der Waals surface area contributed by atoms with E-state index in [-0.39, 0.29) is 18.4 Å². The van der Waals surface area contributed by atoms with Crippen molar-refractivity contribution >= 4 is 17.7 Å². The number of aromatic nitrogens is 1. The highest BCUT2D eigenvalue weighted by Crippen LogP contribution is 2.38. The SMILES string of the molecule is CCc1cc(NC(=O)C[N+]23CCC(CC2)[C@@H](OC(=O)C(O)(c2ccccc2)c2ccoc2)C3)no1. The van der Waals surface area contributed by atoms with Crippen molar-refractivity contribution in [2.45, 2.75) is 37.9 Å². The fraction of sp³-hybridized carbons (Fsp3) is 0.423. The van der Waals surface area contributed by atoms with Gasteiger partial charge in [0.1, 0.15) is 12.3 Å². The Kier molecular flexibility index (Phi) is 6.21. The van der Waals surface area contributed by atoms with Gasteiger partial charge in [-0.2, -0.15) is 0 Å². The van der Waals surface area contributed by atoms with Gasteiger partial charge in [0.15, 0.2) is 18.5 Å². The minimum Gasteiger partial charge on any atom is -0.472 e. The lowest BCUT2D eigenvalue weighted by atomic mass is 9.82. The minimum atomic E-state index is -1.98. The minimum absolute atomic E-state index is 0.148. The lowest BCUT2D eigenvalue weighted by Gasteiger charge is -2.51. The largest absolute Gasteiger partial charge is 0.472 e. The van der Waals surface area contributed by atoms with Crippen LogP contribution in [0.2, 0.25) is 0 Å². The number of hydrogen-bond donors (Lipinski definition) is 2. The van der Waals surface area contributed by atoms with Crippen molar-refractivity contribution < 1.29 is 32.9 Å². The first kappa shape index (κ1) is 23.3. The smallest absolute Gasteiger partial charge is 0.348 e. The molecule has 2 N–H and O–H groups in total. The number of piperidine rings is 3. The molecule has 5 heterocycles. The second-order valence-electron chi connectivity index (χ2n) is 9.58. The number of aryl methyl sites for hydroxylation is 1. The van der Waals surface area contributed by atoms with Crippen LogP contribution in [-0.2, 0) is 26.3 Å². The third-order valence-electron chi connectivity index (χ3n) is 7.38. The van der Waals surface area contributed by atoms with Gasteiger partial charge in [-0.15, -0.1) is 0 Å². The van der Waals surface area contributed by atoms with E-state index in [0.29, 0.717) is 40.2 Å². The van der Waals surface area contributed by atoms with Crippen LogP contribution in [0.1, 0.15) is 36.7 Å². The van der Waals surface area contributed by atoms with Crippen molar-refractivity contribution in [1.82, 2.24) is 5.16 Å². The topological polar surface area (TPSA) is 115 Å². The van der Waals surface area contributed by atoms with E-state index in [1.54, 1.807) is 36.4 Å². The first-order valence-electron chi connectivity index (χ1n) is 12.0. The molecule has 3 fully saturated rings. The Morgan fingerprint density at radius 1 is 1.20 bits per heavy atom. The molecule has 2 bridgehead atoms. The van der Waals surface area contributed by atoms with E-state index in [4.69, 9.17) is 13.7 Å². The molecule has 6 rings (SSSR count). The Morgan fingerprint density at radius 3 is 2.63 bits per heavy atom. The molecule has 0 spiro atoms. The van der Waals surface area contributed by atoms with Crippen LogP contribution >= 0.6 is 0 Å². The van der Waals surface area contributed by atoms with Gasteiger partial charge in [0.05, 0.1) is 25.6 Å². The van der Waals surface area contributed by atoms with Crippen molar-refractivity contribution in [3.8, 4) is 0 Å². The van der Waals surface area contributed by atoms with Crippen LogP contribution in [0.25, 0.3) is 0 Å². The van der Waals surface area contributed by atoms with Crippen LogP contribution in [-0.4, -0.2) is 58.9 Å². The molecule has 1 aromatic carbocycles. The molecule has 1 amide bonds. The molecule has 0 aliphatic carbocycles. The third-order valence-corrected chi connectivity index (χ3v) is 7.38. The number of hydrogen-bond acceptors (Lipinski definition) is 7. The van der Waals surface area contributed by atoms with E-state index in [2.05, 4.69) is 10.5 Å². The summed E-state index contributed by atoms with van der Waals surface area (Å²) in [5.74, 6) is 0.440. The number of amides is 1. The lowest BCUT2D eigenvalue weighted by Crippen LogP contribution is -2.66. The van der Waals surface area contributed by atoms with Gasteiger partial charge in [0.2, 0.25) is 5.60 Å². The van der Waals surface area contributed by atoms with Gasteiger partial charge in [0.25, 0.3) is 5.91 Å². The molecular weight excluding hydrogens is 450 g/mol. The monoisotopic (exact) mass is 480 g/mol. The van der Waals surface area contributed by atoms with Gasteiger partial charge < -0.3 is 28.6 Å². The summed E-state index contributed by atoms with van der Waals surface area (Å²) < 4.78 is 16.9. The van der Waals surface area contributed by atoms with Gasteiger partial charge in [-0.25, -0.2) is 4.79 Å². The van der Waals surface area contributed by atoms with Gasteiger partial charge in [-0.3, -0.25) is 4.79 Å². The lowest BCUT2D eigenvalue weighted by molar-refractivity contribution is -0.939.